The zero-order valence-electron chi connectivity index (χ0n) is 13.3. The highest BCUT2D eigenvalue weighted by molar-refractivity contribution is 7.12. The molecule has 0 aromatic carbocycles. The van der Waals surface area contributed by atoms with Crippen molar-refractivity contribution in [3.05, 3.63) is 27.2 Å². The van der Waals surface area contributed by atoms with Gasteiger partial charge in [0, 0.05) is 15.8 Å². The van der Waals surface area contributed by atoms with Gasteiger partial charge in [0.05, 0.1) is 0 Å². The maximum Gasteiger partial charge on any atom is 0.234 e. The van der Waals surface area contributed by atoms with E-state index in [1.165, 1.54) is 15.3 Å². The lowest BCUT2D eigenvalue weighted by molar-refractivity contribution is -0.105. The third-order valence-corrected chi connectivity index (χ3v) is 4.47. The minimum atomic E-state index is 0.229. The number of nitrogens with zero attached hydrogens (tertiary/aromatic N) is 3. The lowest BCUT2D eigenvalue weighted by Gasteiger charge is -2.14. The Morgan fingerprint density at radius 1 is 1.23 bits per heavy atom. The highest BCUT2D eigenvalue weighted by atomic mass is 32.1. The Bertz CT molecular complexity index is 655. The van der Waals surface area contributed by atoms with Crippen molar-refractivity contribution in [3.63, 3.8) is 0 Å². The second-order valence-corrected chi connectivity index (χ2v) is 6.68. The summed E-state index contributed by atoms with van der Waals surface area (Å²) in [7, 11) is 0. The van der Waals surface area contributed by atoms with Crippen molar-refractivity contribution in [3.8, 4) is 0 Å². The van der Waals surface area contributed by atoms with Crippen LogP contribution < -0.4 is 10.6 Å². The van der Waals surface area contributed by atoms with Gasteiger partial charge in [-0.25, -0.2) is 0 Å². The van der Waals surface area contributed by atoms with Gasteiger partial charge in [0.1, 0.15) is 5.82 Å². The van der Waals surface area contributed by atoms with E-state index < -0.39 is 0 Å². The van der Waals surface area contributed by atoms with Crippen molar-refractivity contribution in [2.75, 3.05) is 10.6 Å². The molecule has 0 aliphatic heterocycles. The summed E-state index contributed by atoms with van der Waals surface area (Å²) in [5, 5.41) is 5.71. The van der Waals surface area contributed by atoms with Crippen LogP contribution in [0.1, 0.15) is 34.5 Å². The first-order valence-corrected chi connectivity index (χ1v) is 8.05. The van der Waals surface area contributed by atoms with Crippen LogP contribution in [0.2, 0.25) is 0 Å². The molecule has 2 rings (SSSR count). The minimum Gasteiger partial charge on any atom is -0.352 e. The van der Waals surface area contributed by atoms with Gasteiger partial charge in [0.25, 0.3) is 0 Å². The standard InChI is InChI=1S/C15H21N5OS/c1-9-7-11(3)22-13(9)6-5-10(2)17-15-19-12(4)18-14(20-15)16-8-21/h7-8,10H,5-6H2,1-4H3,(H2,16,17,18,19,20,21). The number of aryl methyl sites for hydroxylation is 4. The molecule has 0 bridgehead atoms. The Balaban J connectivity index is 1.95. The maximum absolute atomic E-state index is 10.5. The first-order chi connectivity index (χ1) is 10.5. The van der Waals surface area contributed by atoms with E-state index in [0.717, 1.165) is 12.8 Å². The van der Waals surface area contributed by atoms with E-state index in [2.05, 4.69) is 52.4 Å². The fourth-order valence-corrected chi connectivity index (χ4v) is 3.31. The first-order valence-electron chi connectivity index (χ1n) is 7.23. The molecule has 7 heteroatoms. The molecule has 1 atom stereocenters. The molecule has 1 amide bonds. The molecular weight excluding hydrogens is 298 g/mol. The van der Waals surface area contributed by atoms with Gasteiger partial charge in [-0.15, -0.1) is 11.3 Å². The number of carbonyl (C=O) groups excluding carboxylic acids is 1. The van der Waals surface area contributed by atoms with Gasteiger partial charge in [-0.2, -0.15) is 15.0 Å². The van der Waals surface area contributed by atoms with E-state index in [4.69, 9.17) is 0 Å². The Morgan fingerprint density at radius 2 is 1.95 bits per heavy atom. The summed E-state index contributed by atoms with van der Waals surface area (Å²) in [6, 6.07) is 2.46. The molecule has 6 nitrogen and oxygen atoms in total. The highest BCUT2D eigenvalue weighted by Crippen LogP contribution is 2.23. The molecule has 0 spiro atoms. The van der Waals surface area contributed by atoms with Crippen molar-refractivity contribution in [1.82, 2.24) is 15.0 Å². The molecule has 0 aliphatic rings. The fourth-order valence-electron chi connectivity index (χ4n) is 2.24. The van der Waals surface area contributed by atoms with Crippen molar-refractivity contribution in [1.29, 1.82) is 0 Å². The molecule has 0 fully saturated rings. The Kier molecular flexibility index (Phi) is 5.43. The van der Waals surface area contributed by atoms with Crippen LogP contribution in [0.3, 0.4) is 0 Å². The normalized spacial score (nSPS) is 12.0. The Morgan fingerprint density at radius 3 is 2.59 bits per heavy atom. The summed E-state index contributed by atoms with van der Waals surface area (Å²) in [5.41, 5.74) is 1.36. The smallest absolute Gasteiger partial charge is 0.234 e. The van der Waals surface area contributed by atoms with Gasteiger partial charge in [0.2, 0.25) is 18.3 Å². The number of hydrogen-bond acceptors (Lipinski definition) is 6. The van der Waals surface area contributed by atoms with E-state index in [-0.39, 0.29) is 12.0 Å². The van der Waals surface area contributed by atoms with Crippen LogP contribution in [0.15, 0.2) is 6.07 Å². The summed E-state index contributed by atoms with van der Waals surface area (Å²) in [4.78, 5) is 25.7. The van der Waals surface area contributed by atoms with E-state index >= 15 is 0 Å². The van der Waals surface area contributed by atoms with Crippen LogP contribution in [0.4, 0.5) is 11.9 Å². The molecule has 2 aromatic heterocycles. The Hall–Kier alpha value is -2.02. The predicted molar refractivity (Wildman–Crippen MR) is 89.4 cm³/mol. The van der Waals surface area contributed by atoms with E-state index in [1.807, 2.05) is 11.3 Å². The number of carbonyl (C=O) groups is 1. The topological polar surface area (TPSA) is 79.8 Å². The first kappa shape index (κ1) is 16.4. The van der Waals surface area contributed by atoms with Crippen LogP contribution in [0, 0.1) is 20.8 Å². The van der Waals surface area contributed by atoms with Gasteiger partial charge in [-0.3, -0.25) is 10.1 Å². The van der Waals surface area contributed by atoms with Gasteiger partial charge < -0.3 is 5.32 Å². The van der Waals surface area contributed by atoms with Crippen molar-refractivity contribution < 1.29 is 4.79 Å². The summed E-state index contributed by atoms with van der Waals surface area (Å²) in [6.07, 6.45) is 2.58. The summed E-state index contributed by atoms with van der Waals surface area (Å²) in [6.45, 7) is 8.16. The number of thiophene rings is 1. The van der Waals surface area contributed by atoms with Gasteiger partial charge >= 0.3 is 0 Å². The largest absolute Gasteiger partial charge is 0.352 e. The zero-order valence-corrected chi connectivity index (χ0v) is 14.1. The predicted octanol–water partition coefficient (Wildman–Crippen LogP) is 2.86. The number of anilines is 2. The van der Waals surface area contributed by atoms with Crippen LogP contribution >= 0.6 is 11.3 Å². The second kappa shape index (κ2) is 7.31. The number of hydrogen-bond donors (Lipinski definition) is 2. The molecular formula is C15H21N5OS. The quantitative estimate of drug-likeness (QED) is 0.767. The lowest BCUT2D eigenvalue weighted by Crippen LogP contribution is -2.19. The number of rotatable bonds is 7. The summed E-state index contributed by atoms with van der Waals surface area (Å²) < 4.78 is 0. The minimum absolute atomic E-state index is 0.229. The molecule has 2 aromatic rings. The number of amides is 1. The molecule has 2 N–H and O–H groups in total. The highest BCUT2D eigenvalue weighted by Gasteiger charge is 2.09. The van der Waals surface area contributed by atoms with Crippen molar-refractivity contribution >= 4 is 29.6 Å². The maximum atomic E-state index is 10.5. The molecule has 0 aliphatic carbocycles. The summed E-state index contributed by atoms with van der Waals surface area (Å²) in [5.74, 6) is 1.32. The number of aromatic nitrogens is 3. The van der Waals surface area contributed by atoms with Gasteiger partial charge in [-0.05, 0) is 52.2 Å². The fraction of sp³-hybridized carbons (Fsp3) is 0.467. The lowest BCUT2D eigenvalue weighted by atomic mass is 10.1. The molecule has 0 radical (unpaired) electrons. The molecule has 0 saturated carbocycles. The van der Waals surface area contributed by atoms with Crippen molar-refractivity contribution in [2.45, 2.75) is 46.6 Å². The molecule has 22 heavy (non-hydrogen) atoms. The zero-order chi connectivity index (χ0) is 16.1. The van der Waals surface area contributed by atoms with Crippen molar-refractivity contribution in [2.24, 2.45) is 0 Å². The Labute approximate surface area is 134 Å². The van der Waals surface area contributed by atoms with E-state index in [1.54, 1.807) is 6.92 Å². The SMILES string of the molecule is Cc1nc(NC=O)nc(NC(C)CCc2sc(C)cc2C)n1. The monoisotopic (exact) mass is 319 g/mol. The van der Waals surface area contributed by atoms with Crippen LogP contribution in [0.5, 0.6) is 0 Å². The van der Waals surface area contributed by atoms with E-state index in [9.17, 15) is 4.79 Å². The number of nitrogens with one attached hydrogen (secondary N) is 2. The van der Waals surface area contributed by atoms with Crippen LogP contribution in [0.25, 0.3) is 0 Å². The van der Waals surface area contributed by atoms with Gasteiger partial charge in [0.15, 0.2) is 0 Å². The molecule has 0 saturated heterocycles. The van der Waals surface area contributed by atoms with E-state index in [0.29, 0.717) is 18.2 Å². The molecule has 118 valence electrons. The molecule has 1 unspecified atom stereocenters. The molecule has 2 heterocycles. The van der Waals surface area contributed by atoms with Gasteiger partial charge in [-0.1, -0.05) is 0 Å². The summed E-state index contributed by atoms with van der Waals surface area (Å²) >= 11 is 1.86. The average Bonchev–Trinajstić information content (AvgIpc) is 2.74. The second-order valence-electron chi connectivity index (χ2n) is 5.34. The third kappa shape index (κ3) is 4.49. The third-order valence-electron chi connectivity index (χ3n) is 3.26. The van der Waals surface area contributed by atoms with Crippen LogP contribution in [-0.2, 0) is 11.2 Å². The average molecular weight is 319 g/mol. The van der Waals surface area contributed by atoms with Crippen LogP contribution in [-0.4, -0.2) is 27.4 Å².